The normalized spacial score (nSPS) is 10.8. The molecular weight excluding hydrogens is 437 g/mol. The predicted octanol–water partition coefficient (Wildman–Crippen LogP) is 4.34. The van der Waals surface area contributed by atoms with E-state index in [0.29, 0.717) is 33.8 Å². The summed E-state index contributed by atoms with van der Waals surface area (Å²) in [6, 6.07) is 17.3. The van der Waals surface area contributed by atoms with Crippen LogP contribution in [0.2, 0.25) is 10.0 Å². The van der Waals surface area contributed by atoms with Crippen LogP contribution >= 0.6 is 23.2 Å². The van der Waals surface area contributed by atoms with Crippen molar-refractivity contribution in [3.8, 4) is 5.69 Å². The first-order chi connectivity index (χ1) is 14.9. The molecule has 0 atom stereocenters. The van der Waals surface area contributed by atoms with Crippen LogP contribution in [-0.4, -0.2) is 25.5 Å². The van der Waals surface area contributed by atoms with Crippen molar-refractivity contribution in [2.45, 2.75) is 13.5 Å². The summed E-state index contributed by atoms with van der Waals surface area (Å²) in [7, 11) is 0. The highest BCUT2D eigenvalue weighted by Gasteiger charge is 2.17. The molecular formula is C22H17Cl2N5O2. The molecule has 0 unspecified atom stereocenters. The summed E-state index contributed by atoms with van der Waals surface area (Å²) in [6.07, 6.45) is 1.57. The minimum Gasteiger partial charge on any atom is -0.305 e. The smallest absolute Gasteiger partial charge is 0.281 e. The van der Waals surface area contributed by atoms with Crippen LogP contribution in [0.4, 0.5) is 5.82 Å². The third-order valence-electron chi connectivity index (χ3n) is 4.60. The lowest BCUT2D eigenvalue weighted by Crippen LogP contribution is -2.27. The number of nitrogens with one attached hydrogen (secondary N) is 1. The zero-order valence-corrected chi connectivity index (χ0v) is 17.9. The van der Waals surface area contributed by atoms with Gasteiger partial charge in [-0.05, 0) is 48.9 Å². The average Bonchev–Trinajstić information content (AvgIpc) is 3.17. The maximum absolute atomic E-state index is 12.9. The van der Waals surface area contributed by atoms with Gasteiger partial charge in [0.05, 0.1) is 18.4 Å². The van der Waals surface area contributed by atoms with Crippen molar-refractivity contribution in [2.75, 3.05) is 5.32 Å². The highest BCUT2D eigenvalue weighted by atomic mass is 35.5. The average molecular weight is 454 g/mol. The number of benzene rings is 2. The molecule has 0 aliphatic carbocycles. The van der Waals surface area contributed by atoms with Crippen molar-refractivity contribution in [2.24, 2.45) is 0 Å². The van der Waals surface area contributed by atoms with Crippen molar-refractivity contribution in [3.05, 3.63) is 104 Å². The topological polar surface area (TPSA) is 81.8 Å². The Morgan fingerprint density at radius 1 is 1.00 bits per heavy atom. The molecule has 0 bridgehead atoms. The summed E-state index contributed by atoms with van der Waals surface area (Å²) >= 11 is 11.9. The first-order valence-corrected chi connectivity index (χ1v) is 10.1. The number of nitrogens with zero attached hydrogens (tertiary/aromatic N) is 4. The van der Waals surface area contributed by atoms with Crippen LogP contribution in [0.15, 0.2) is 71.7 Å². The third kappa shape index (κ3) is 4.68. The molecule has 0 spiro atoms. The zero-order valence-electron chi connectivity index (χ0n) is 16.4. The number of hydrogen-bond acceptors (Lipinski definition) is 4. The molecule has 2 aromatic heterocycles. The van der Waals surface area contributed by atoms with Gasteiger partial charge in [-0.3, -0.25) is 9.59 Å². The van der Waals surface area contributed by atoms with Crippen LogP contribution < -0.4 is 10.7 Å². The first-order valence-electron chi connectivity index (χ1n) is 9.35. The van der Waals surface area contributed by atoms with Crippen molar-refractivity contribution in [3.63, 3.8) is 0 Å². The first kappa shape index (κ1) is 20.8. The molecule has 2 aromatic carbocycles. The fourth-order valence-corrected chi connectivity index (χ4v) is 3.30. The molecule has 9 heteroatoms. The number of aryl methyl sites for hydroxylation is 1. The molecule has 4 aromatic rings. The molecule has 2 heterocycles. The van der Waals surface area contributed by atoms with Crippen molar-refractivity contribution >= 4 is 34.9 Å². The Hall–Kier alpha value is -3.42. The molecule has 4 rings (SSSR count). The summed E-state index contributed by atoms with van der Waals surface area (Å²) in [6.45, 7) is 2.17. The van der Waals surface area contributed by atoms with E-state index >= 15 is 0 Å². The largest absolute Gasteiger partial charge is 0.305 e. The zero-order chi connectivity index (χ0) is 22.0. The van der Waals surface area contributed by atoms with E-state index in [2.05, 4.69) is 15.5 Å². The number of hydrogen-bond donors (Lipinski definition) is 1. The molecule has 0 saturated heterocycles. The Balaban J connectivity index is 1.60. The lowest BCUT2D eigenvalue weighted by atomic mass is 10.2. The van der Waals surface area contributed by atoms with Gasteiger partial charge < -0.3 is 5.32 Å². The van der Waals surface area contributed by atoms with Gasteiger partial charge in [0.15, 0.2) is 5.69 Å². The Morgan fingerprint density at radius 3 is 2.32 bits per heavy atom. The maximum atomic E-state index is 12.9. The quantitative estimate of drug-likeness (QED) is 0.486. The monoisotopic (exact) mass is 453 g/mol. The molecule has 0 aliphatic rings. The molecule has 31 heavy (non-hydrogen) atoms. The number of rotatable bonds is 5. The van der Waals surface area contributed by atoms with E-state index < -0.39 is 11.3 Å². The number of halogens is 2. The minimum absolute atomic E-state index is 0.222. The van der Waals surface area contributed by atoms with E-state index in [9.17, 15) is 9.59 Å². The van der Waals surface area contributed by atoms with Gasteiger partial charge in [0.2, 0.25) is 5.43 Å². The van der Waals surface area contributed by atoms with E-state index in [-0.39, 0.29) is 5.69 Å². The van der Waals surface area contributed by atoms with Gasteiger partial charge in [-0.2, -0.15) is 10.2 Å². The summed E-state index contributed by atoms with van der Waals surface area (Å²) in [4.78, 5) is 25.3. The summed E-state index contributed by atoms with van der Waals surface area (Å²) in [5, 5.41) is 12.5. The number of carbonyl (C=O) groups excluding carboxylic acids is 1. The molecule has 156 valence electrons. The molecule has 7 nitrogen and oxygen atoms in total. The van der Waals surface area contributed by atoms with Gasteiger partial charge in [0.25, 0.3) is 5.91 Å². The summed E-state index contributed by atoms with van der Waals surface area (Å²) in [5.74, 6) is -0.176. The lowest BCUT2D eigenvalue weighted by Gasteiger charge is -2.12. The number of carbonyl (C=O) groups is 1. The van der Waals surface area contributed by atoms with Crippen LogP contribution in [0.25, 0.3) is 5.69 Å². The van der Waals surface area contributed by atoms with Gasteiger partial charge in [-0.15, -0.1) is 0 Å². The van der Waals surface area contributed by atoms with Gasteiger partial charge >= 0.3 is 0 Å². The molecule has 1 N–H and O–H groups in total. The van der Waals surface area contributed by atoms with Crippen LogP contribution in [-0.2, 0) is 6.54 Å². The number of amides is 1. The highest BCUT2D eigenvalue weighted by Crippen LogP contribution is 2.16. The van der Waals surface area contributed by atoms with Crippen molar-refractivity contribution in [1.82, 2.24) is 19.6 Å². The number of anilines is 1. The molecule has 0 fully saturated rings. The fraction of sp³-hybridized carbons (Fsp3) is 0.0909. The summed E-state index contributed by atoms with van der Waals surface area (Å²) in [5.41, 5.74) is 1.55. The Bertz CT molecular complexity index is 1290. The van der Waals surface area contributed by atoms with Gasteiger partial charge in [0.1, 0.15) is 5.82 Å². The number of aromatic nitrogens is 4. The van der Waals surface area contributed by atoms with E-state index in [0.717, 1.165) is 5.56 Å². The maximum Gasteiger partial charge on any atom is 0.281 e. The van der Waals surface area contributed by atoms with E-state index in [1.165, 1.54) is 10.7 Å². The highest BCUT2D eigenvalue weighted by molar-refractivity contribution is 6.30. The van der Waals surface area contributed by atoms with E-state index in [1.54, 1.807) is 60.3 Å². The van der Waals surface area contributed by atoms with E-state index in [1.807, 2.05) is 12.1 Å². The molecule has 0 aliphatic heterocycles. The second-order valence-corrected chi connectivity index (χ2v) is 7.71. The summed E-state index contributed by atoms with van der Waals surface area (Å²) < 4.78 is 3.14. The minimum atomic E-state index is -0.620. The second kappa shape index (κ2) is 8.75. The fourth-order valence-electron chi connectivity index (χ4n) is 3.05. The SMILES string of the molecule is Cc1cc(=O)c(C(=O)Nc2ccnn2Cc2ccc(Cl)cc2)nn1-c1ccc(Cl)cc1. The van der Waals surface area contributed by atoms with Crippen LogP contribution in [0.1, 0.15) is 21.7 Å². The van der Waals surface area contributed by atoms with Crippen molar-refractivity contribution in [1.29, 1.82) is 0 Å². The Kier molecular flexibility index (Phi) is 5.88. The van der Waals surface area contributed by atoms with Gasteiger partial charge in [-0.1, -0.05) is 35.3 Å². The lowest BCUT2D eigenvalue weighted by molar-refractivity contribution is 0.101. The third-order valence-corrected chi connectivity index (χ3v) is 5.10. The van der Waals surface area contributed by atoms with Crippen molar-refractivity contribution < 1.29 is 4.79 Å². The predicted molar refractivity (Wildman–Crippen MR) is 120 cm³/mol. The Morgan fingerprint density at radius 2 is 1.65 bits per heavy atom. The van der Waals surface area contributed by atoms with Crippen LogP contribution in [0.5, 0.6) is 0 Å². The Labute approximate surface area is 187 Å². The molecule has 0 radical (unpaired) electrons. The van der Waals surface area contributed by atoms with Gasteiger partial charge in [0, 0.05) is 27.9 Å². The molecule has 1 amide bonds. The van der Waals surface area contributed by atoms with Gasteiger partial charge in [-0.25, -0.2) is 9.36 Å². The standard InChI is InChI=1S/C22H17Cl2N5O2/c1-14-12-19(30)21(27-29(14)18-8-6-17(24)7-9-18)22(31)26-20-10-11-25-28(20)13-15-2-4-16(23)5-3-15/h2-12H,13H2,1H3,(H,26,31). The van der Waals surface area contributed by atoms with Crippen LogP contribution in [0.3, 0.4) is 0 Å². The second-order valence-electron chi connectivity index (χ2n) is 6.84. The van der Waals surface area contributed by atoms with Crippen LogP contribution in [0, 0.1) is 6.92 Å². The van der Waals surface area contributed by atoms with E-state index in [4.69, 9.17) is 23.2 Å². The molecule has 0 saturated carbocycles.